The molecule has 0 aliphatic carbocycles. The van der Waals surface area contributed by atoms with Gasteiger partial charge < -0.3 is 10.6 Å². The number of primary amides is 1. The number of aryl methyl sites for hydroxylation is 1. The van der Waals surface area contributed by atoms with Gasteiger partial charge >= 0.3 is 0 Å². The summed E-state index contributed by atoms with van der Waals surface area (Å²) in [6.07, 6.45) is 2.59. The van der Waals surface area contributed by atoms with Crippen molar-refractivity contribution in [2.45, 2.75) is 38.8 Å². The number of anilines is 1. The van der Waals surface area contributed by atoms with Crippen molar-refractivity contribution >= 4 is 11.6 Å². The summed E-state index contributed by atoms with van der Waals surface area (Å²) in [5.74, 6) is -0.334. The number of hydrogen-bond acceptors (Lipinski definition) is 3. The highest BCUT2D eigenvalue weighted by Gasteiger charge is 2.38. The summed E-state index contributed by atoms with van der Waals surface area (Å²) in [7, 11) is 0. The fourth-order valence-corrected chi connectivity index (χ4v) is 3.79. The van der Waals surface area contributed by atoms with Crippen molar-refractivity contribution in [3.63, 3.8) is 0 Å². The lowest BCUT2D eigenvalue weighted by molar-refractivity contribution is 0.0999. The number of carbonyl (C=O) groups excluding carboxylic acids is 1. The molecule has 2 heterocycles. The molecule has 108 valence electrons. The van der Waals surface area contributed by atoms with Gasteiger partial charge in [0.25, 0.3) is 0 Å². The van der Waals surface area contributed by atoms with E-state index in [0.29, 0.717) is 17.6 Å². The lowest BCUT2D eigenvalue weighted by Crippen LogP contribution is -2.53. The van der Waals surface area contributed by atoms with E-state index in [0.717, 1.165) is 30.9 Å². The van der Waals surface area contributed by atoms with E-state index in [9.17, 15) is 4.79 Å². The largest absolute Gasteiger partial charge is 0.368 e. The topological polar surface area (TPSA) is 49.6 Å². The number of nitrogens with two attached hydrogens (primary N) is 1. The molecule has 0 saturated carbocycles. The molecule has 2 aliphatic rings. The lowest BCUT2D eigenvalue weighted by atomic mass is 10.1. The van der Waals surface area contributed by atoms with Gasteiger partial charge in [-0.25, -0.2) is 0 Å². The minimum absolute atomic E-state index is 0.334. The summed E-state index contributed by atoms with van der Waals surface area (Å²) in [6, 6.07) is 7.40. The number of carbonyl (C=O) groups is 1. The number of nitrogens with zero attached hydrogens (tertiary/aromatic N) is 2. The molecule has 2 atom stereocenters. The fourth-order valence-electron chi connectivity index (χ4n) is 3.79. The minimum Gasteiger partial charge on any atom is -0.368 e. The summed E-state index contributed by atoms with van der Waals surface area (Å²) in [5.41, 5.74) is 8.20. The molecule has 0 spiro atoms. The zero-order chi connectivity index (χ0) is 14.3. The third-order valence-electron chi connectivity index (χ3n) is 4.85. The highest BCUT2D eigenvalue weighted by Crippen LogP contribution is 2.32. The van der Waals surface area contributed by atoms with Crippen molar-refractivity contribution in [2.75, 3.05) is 24.5 Å². The van der Waals surface area contributed by atoms with Gasteiger partial charge in [0.05, 0.1) is 0 Å². The van der Waals surface area contributed by atoms with Crippen LogP contribution in [0.15, 0.2) is 18.2 Å². The van der Waals surface area contributed by atoms with Gasteiger partial charge in [-0.1, -0.05) is 13.0 Å². The Morgan fingerprint density at radius 1 is 1.30 bits per heavy atom. The van der Waals surface area contributed by atoms with Crippen molar-refractivity contribution < 1.29 is 4.79 Å². The maximum absolute atomic E-state index is 11.5. The predicted molar refractivity (Wildman–Crippen MR) is 81.1 cm³/mol. The third kappa shape index (κ3) is 2.18. The van der Waals surface area contributed by atoms with Crippen LogP contribution in [0.2, 0.25) is 0 Å². The molecule has 2 bridgehead atoms. The zero-order valence-electron chi connectivity index (χ0n) is 12.3. The van der Waals surface area contributed by atoms with Crippen molar-refractivity contribution in [3.8, 4) is 0 Å². The second-order valence-electron chi connectivity index (χ2n) is 5.98. The first-order valence-corrected chi connectivity index (χ1v) is 7.51. The molecule has 2 fully saturated rings. The van der Waals surface area contributed by atoms with E-state index in [1.807, 2.05) is 19.1 Å². The van der Waals surface area contributed by atoms with Crippen molar-refractivity contribution in [1.82, 2.24) is 4.90 Å². The molecule has 1 aromatic carbocycles. The van der Waals surface area contributed by atoms with Crippen molar-refractivity contribution in [1.29, 1.82) is 0 Å². The molecule has 0 radical (unpaired) electrons. The molecule has 4 heteroatoms. The molecule has 3 rings (SSSR count). The van der Waals surface area contributed by atoms with Crippen LogP contribution in [0.5, 0.6) is 0 Å². The molecule has 4 nitrogen and oxygen atoms in total. The average molecular weight is 273 g/mol. The van der Waals surface area contributed by atoms with E-state index in [4.69, 9.17) is 5.73 Å². The molecule has 1 aromatic rings. The summed E-state index contributed by atoms with van der Waals surface area (Å²) >= 11 is 0. The molecule has 2 N–H and O–H groups in total. The Hall–Kier alpha value is -1.55. The summed E-state index contributed by atoms with van der Waals surface area (Å²) in [6.45, 7) is 7.45. The number of piperazine rings is 1. The summed E-state index contributed by atoms with van der Waals surface area (Å²) in [5, 5.41) is 0. The van der Waals surface area contributed by atoms with E-state index in [2.05, 4.69) is 22.8 Å². The monoisotopic (exact) mass is 273 g/mol. The van der Waals surface area contributed by atoms with Gasteiger partial charge in [0, 0.05) is 36.4 Å². The summed E-state index contributed by atoms with van der Waals surface area (Å²) < 4.78 is 0. The number of likely N-dealkylation sites (N-methyl/N-ethyl adjacent to an activating group) is 1. The molecule has 1 amide bonds. The van der Waals surface area contributed by atoms with Crippen LogP contribution in [0.4, 0.5) is 5.69 Å². The predicted octanol–water partition coefficient (Wildman–Crippen LogP) is 1.77. The average Bonchev–Trinajstić information content (AvgIpc) is 2.67. The lowest BCUT2D eigenvalue weighted by Gasteiger charge is -2.41. The molecule has 2 aliphatic heterocycles. The van der Waals surface area contributed by atoms with Crippen molar-refractivity contribution in [3.05, 3.63) is 29.3 Å². The first kappa shape index (κ1) is 13.4. The zero-order valence-corrected chi connectivity index (χ0v) is 12.3. The van der Waals surface area contributed by atoms with E-state index >= 15 is 0 Å². The van der Waals surface area contributed by atoms with Gasteiger partial charge in [-0.2, -0.15) is 0 Å². The minimum atomic E-state index is -0.334. The van der Waals surface area contributed by atoms with E-state index < -0.39 is 0 Å². The molecule has 20 heavy (non-hydrogen) atoms. The Labute approximate surface area is 120 Å². The standard InChI is InChI=1S/C16H23N3O/c1-3-19-13-6-7-14(19)10-18(9-13)12-5-4-11(2)15(8-12)16(17)20/h4-5,8,13-14H,3,6-7,9-10H2,1-2H3,(H2,17,20)/t13-,14+. The molecular formula is C16H23N3O. The van der Waals surface area contributed by atoms with Crippen LogP contribution in [0.3, 0.4) is 0 Å². The Balaban J connectivity index is 1.85. The van der Waals surface area contributed by atoms with Gasteiger partial charge in [0.1, 0.15) is 0 Å². The van der Waals surface area contributed by atoms with Gasteiger partial charge in [-0.05, 0) is 44.0 Å². The Bertz CT molecular complexity index is 514. The van der Waals surface area contributed by atoms with Gasteiger partial charge in [-0.15, -0.1) is 0 Å². The highest BCUT2D eigenvalue weighted by atomic mass is 16.1. The molecular weight excluding hydrogens is 250 g/mol. The molecule has 0 aromatic heterocycles. The smallest absolute Gasteiger partial charge is 0.249 e. The van der Waals surface area contributed by atoms with Crippen LogP contribution >= 0.6 is 0 Å². The second-order valence-corrected chi connectivity index (χ2v) is 5.98. The quantitative estimate of drug-likeness (QED) is 0.913. The van der Waals surface area contributed by atoms with Crippen LogP contribution in [-0.2, 0) is 0 Å². The SMILES string of the molecule is CCN1[C@@H]2CC[C@H]1CN(c1ccc(C)c(C(N)=O)c1)C2. The van der Waals surface area contributed by atoms with Gasteiger partial charge in [0.15, 0.2) is 0 Å². The van der Waals surface area contributed by atoms with E-state index in [-0.39, 0.29) is 5.91 Å². The Morgan fingerprint density at radius 3 is 2.50 bits per heavy atom. The van der Waals surface area contributed by atoms with E-state index in [1.54, 1.807) is 0 Å². The fraction of sp³-hybridized carbons (Fsp3) is 0.562. The van der Waals surface area contributed by atoms with Crippen LogP contribution in [0, 0.1) is 6.92 Å². The van der Waals surface area contributed by atoms with Crippen LogP contribution in [0.1, 0.15) is 35.7 Å². The maximum Gasteiger partial charge on any atom is 0.249 e. The van der Waals surface area contributed by atoms with Gasteiger partial charge in [0.2, 0.25) is 5.91 Å². The number of amides is 1. The van der Waals surface area contributed by atoms with Crippen LogP contribution in [0.25, 0.3) is 0 Å². The first-order valence-electron chi connectivity index (χ1n) is 7.51. The number of benzene rings is 1. The second kappa shape index (κ2) is 5.09. The Kier molecular flexibility index (Phi) is 3.42. The first-order chi connectivity index (χ1) is 9.60. The number of rotatable bonds is 3. The highest BCUT2D eigenvalue weighted by molar-refractivity contribution is 5.95. The number of fused-ring (bicyclic) bond motifs is 2. The summed E-state index contributed by atoms with van der Waals surface area (Å²) in [4.78, 5) is 16.5. The number of hydrogen-bond donors (Lipinski definition) is 1. The normalized spacial score (nSPS) is 26.0. The third-order valence-corrected chi connectivity index (χ3v) is 4.85. The van der Waals surface area contributed by atoms with Crippen molar-refractivity contribution in [2.24, 2.45) is 5.73 Å². The Morgan fingerprint density at radius 2 is 1.95 bits per heavy atom. The van der Waals surface area contributed by atoms with Crippen LogP contribution in [-0.4, -0.2) is 42.5 Å². The maximum atomic E-state index is 11.5. The van der Waals surface area contributed by atoms with Crippen LogP contribution < -0.4 is 10.6 Å². The van der Waals surface area contributed by atoms with Gasteiger partial charge in [-0.3, -0.25) is 9.69 Å². The molecule has 0 unspecified atom stereocenters. The van der Waals surface area contributed by atoms with E-state index in [1.165, 1.54) is 12.8 Å². The molecule has 2 saturated heterocycles.